The Hall–Kier alpha value is -3.73. The molecule has 1 unspecified atom stereocenters. The molecule has 0 aliphatic rings. The van der Waals surface area contributed by atoms with Crippen molar-refractivity contribution in [3.8, 4) is 0 Å². The van der Waals surface area contributed by atoms with Gasteiger partial charge in [-0.1, -0.05) is 60.6 Å². The fraction of sp³-hybridized carbons (Fsp3) is 0.258. The molecule has 0 fully saturated rings. The molecule has 212 valence electrons. The van der Waals surface area contributed by atoms with Crippen molar-refractivity contribution in [3.05, 3.63) is 95.1 Å². The molecular weight excluding hydrogens is 555 g/mol. The molecule has 0 saturated heterocycles. The molecular formula is C31H33N5O3S2. The van der Waals surface area contributed by atoms with Gasteiger partial charge in [0.05, 0.1) is 15.7 Å². The molecule has 0 radical (unpaired) electrons. The fourth-order valence-corrected chi connectivity index (χ4v) is 6.93. The Morgan fingerprint density at radius 3 is 2.39 bits per heavy atom. The number of aromatic nitrogens is 3. The highest BCUT2D eigenvalue weighted by atomic mass is 32.2. The molecule has 1 atom stereocenters. The van der Waals surface area contributed by atoms with Crippen LogP contribution in [-0.4, -0.2) is 40.7 Å². The second kappa shape index (κ2) is 12.0. The third-order valence-electron chi connectivity index (χ3n) is 6.99. The number of hydrogen-bond acceptors (Lipinski definition) is 6. The fourth-order valence-electron chi connectivity index (χ4n) is 4.94. The summed E-state index contributed by atoms with van der Waals surface area (Å²) in [5.41, 5.74) is 6.81. The lowest BCUT2D eigenvalue weighted by molar-refractivity contribution is -0.115. The van der Waals surface area contributed by atoms with E-state index >= 15 is 0 Å². The van der Waals surface area contributed by atoms with E-state index in [0.29, 0.717) is 30.2 Å². The molecule has 1 amide bonds. The maximum absolute atomic E-state index is 13.3. The van der Waals surface area contributed by atoms with Crippen molar-refractivity contribution in [1.29, 1.82) is 0 Å². The highest BCUT2D eigenvalue weighted by molar-refractivity contribution is 8.00. The smallest absolute Gasteiger partial charge is 0.240 e. The van der Waals surface area contributed by atoms with Crippen molar-refractivity contribution in [2.45, 2.75) is 55.8 Å². The van der Waals surface area contributed by atoms with Crippen LogP contribution in [0.4, 0.5) is 5.69 Å². The number of carbonyl (C=O) groups is 1. The Morgan fingerprint density at radius 2 is 1.68 bits per heavy atom. The number of thioether (sulfide) groups is 1. The number of amides is 1. The van der Waals surface area contributed by atoms with Gasteiger partial charge in [0, 0.05) is 17.6 Å². The normalized spacial score (nSPS) is 12.6. The van der Waals surface area contributed by atoms with Crippen LogP contribution in [0.3, 0.4) is 0 Å². The number of fused-ring (bicyclic) bond motifs is 3. The number of nitrogens with one attached hydrogen (secondary N) is 2. The van der Waals surface area contributed by atoms with E-state index < -0.39 is 15.3 Å². The number of aryl methyl sites for hydroxylation is 3. The Balaban J connectivity index is 1.28. The summed E-state index contributed by atoms with van der Waals surface area (Å²) >= 11 is 1.37. The molecule has 2 aromatic heterocycles. The first-order valence-corrected chi connectivity index (χ1v) is 15.9. The SMILES string of the molecule is CCC(Sc1nnc2cc(C)c3cc(C)cc(C)c3n12)C(=O)Nc1ccc(S(=O)(=O)NCCc2ccccc2)cc1. The van der Waals surface area contributed by atoms with Gasteiger partial charge in [-0.2, -0.15) is 0 Å². The molecule has 2 heterocycles. The highest BCUT2D eigenvalue weighted by Gasteiger charge is 2.23. The minimum Gasteiger partial charge on any atom is -0.325 e. The molecule has 2 N–H and O–H groups in total. The maximum atomic E-state index is 13.3. The molecule has 0 saturated carbocycles. The van der Waals surface area contributed by atoms with E-state index in [0.717, 1.165) is 33.2 Å². The van der Waals surface area contributed by atoms with Gasteiger partial charge in [-0.25, -0.2) is 13.1 Å². The first-order valence-electron chi connectivity index (χ1n) is 13.5. The van der Waals surface area contributed by atoms with Crippen LogP contribution >= 0.6 is 11.8 Å². The van der Waals surface area contributed by atoms with Crippen molar-refractivity contribution in [2.75, 3.05) is 11.9 Å². The van der Waals surface area contributed by atoms with E-state index in [9.17, 15) is 13.2 Å². The van der Waals surface area contributed by atoms with Crippen LogP contribution < -0.4 is 10.0 Å². The molecule has 0 bridgehead atoms. The quantitative estimate of drug-likeness (QED) is 0.199. The van der Waals surface area contributed by atoms with Gasteiger partial charge in [0.2, 0.25) is 15.9 Å². The zero-order chi connectivity index (χ0) is 29.1. The number of pyridine rings is 1. The van der Waals surface area contributed by atoms with Crippen molar-refractivity contribution >= 4 is 49.9 Å². The summed E-state index contributed by atoms with van der Waals surface area (Å²) in [5, 5.41) is 13.1. The first kappa shape index (κ1) is 28.8. The largest absolute Gasteiger partial charge is 0.325 e. The van der Waals surface area contributed by atoms with E-state index in [2.05, 4.69) is 53.1 Å². The molecule has 0 spiro atoms. The number of rotatable bonds is 10. The second-order valence-electron chi connectivity index (χ2n) is 10.1. The first-order chi connectivity index (χ1) is 19.7. The van der Waals surface area contributed by atoms with Crippen LogP contribution in [0, 0.1) is 20.8 Å². The lowest BCUT2D eigenvalue weighted by Crippen LogP contribution is -2.26. The predicted molar refractivity (Wildman–Crippen MR) is 165 cm³/mol. The third-order valence-corrected chi connectivity index (χ3v) is 9.77. The number of benzene rings is 3. The summed E-state index contributed by atoms with van der Waals surface area (Å²) in [7, 11) is -3.66. The van der Waals surface area contributed by atoms with Gasteiger partial charge >= 0.3 is 0 Å². The second-order valence-corrected chi connectivity index (χ2v) is 13.1. The van der Waals surface area contributed by atoms with Gasteiger partial charge in [0.15, 0.2) is 10.8 Å². The van der Waals surface area contributed by atoms with E-state index in [1.54, 1.807) is 12.1 Å². The average Bonchev–Trinajstić information content (AvgIpc) is 3.34. The molecule has 5 aromatic rings. The Kier molecular flexibility index (Phi) is 8.44. The zero-order valence-corrected chi connectivity index (χ0v) is 25.1. The van der Waals surface area contributed by atoms with Gasteiger partial charge in [0.25, 0.3) is 0 Å². The number of anilines is 1. The lowest BCUT2D eigenvalue weighted by atomic mass is 10.0. The predicted octanol–water partition coefficient (Wildman–Crippen LogP) is 5.84. The lowest BCUT2D eigenvalue weighted by Gasteiger charge is -2.16. The van der Waals surface area contributed by atoms with Crippen LogP contribution in [-0.2, 0) is 21.2 Å². The summed E-state index contributed by atoms with van der Waals surface area (Å²) in [5.74, 6) is -0.185. The van der Waals surface area contributed by atoms with E-state index in [1.165, 1.54) is 29.5 Å². The minimum absolute atomic E-state index is 0.146. The summed E-state index contributed by atoms with van der Waals surface area (Å²) in [4.78, 5) is 13.4. The van der Waals surface area contributed by atoms with E-state index in [-0.39, 0.29) is 10.8 Å². The van der Waals surface area contributed by atoms with Gasteiger partial charge in [-0.05, 0) is 86.7 Å². The summed E-state index contributed by atoms with van der Waals surface area (Å²) in [6, 6.07) is 22.2. The van der Waals surface area contributed by atoms with E-state index in [1.807, 2.05) is 47.7 Å². The summed E-state index contributed by atoms with van der Waals surface area (Å²) < 4.78 is 30.1. The molecule has 0 aliphatic carbocycles. The van der Waals surface area contributed by atoms with Crippen LogP contribution in [0.2, 0.25) is 0 Å². The molecule has 3 aromatic carbocycles. The van der Waals surface area contributed by atoms with Gasteiger partial charge in [-0.15, -0.1) is 10.2 Å². The van der Waals surface area contributed by atoms with Crippen molar-refractivity contribution < 1.29 is 13.2 Å². The molecule has 41 heavy (non-hydrogen) atoms. The standard InChI is InChI=1S/C31H33N5O3S2/c1-5-27(40-31-35-34-28-19-21(3)26-18-20(2)17-22(4)29(26)36(28)31)30(37)33-24-11-13-25(14-12-24)41(38,39)32-16-15-23-9-7-6-8-10-23/h6-14,17-19,27,32H,5,15-16H2,1-4H3,(H,33,37). The number of nitrogens with zero attached hydrogens (tertiary/aromatic N) is 3. The van der Waals surface area contributed by atoms with Crippen molar-refractivity contribution in [1.82, 2.24) is 19.3 Å². The number of hydrogen-bond donors (Lipinski definition) is 2. The summed E-state index contributed by atoms with van der Waals surface area (Å²) in [6.07, 6.45) is 1.17. The number of sulfonamides is 1. The Morgan fingerprint density at radius 1 is 0.951 bits per heavy atom. The zero-order valence-electron chi connectivity index (χ0n) is 23.5. The molecule has 10 heteroatoms. The third kappa shape index (κ3) is 6.29. The van der Waals surface area contributed by atoms with Gasteiger partial charge in [0.1, 0.15) is 0 Å². The number of carbonyl (C=O) groups excluding carboxylic acids is 1. The Bertz CT molecular complexity index is 1820. The van der Waals surface area contributed by atoms with Crippen LogP contribution in [0.5, 0.6) is 0 Å². The topological polar surface area (TPSA) is 105 Å². The van der Waals surface area contributed by atoms with Gasteiger partial charge in [-0.3, -0.25) is 9.20 Å². The molecule has 0 aliphatic heterocycles. The average molecular weight is 588 g/mol. The van der Waals surface area contributed by atoms with E-state index in [4.69, 9.17) is 0 Å². The van der Waals surface area contributed by atoms with Gasteiger partial charge < -0.3 is 5.32 Å². The minimum atomic E-state index is -3.66. The van der Waals surface area contributed by atoms with Crippen LogP contribution in [0.25, 0.3) is 16.6 Å². The maximum Gasteiger partial charge on any atom is 0.240 e. The highest BCUT2D eigenvalue weighted by Crippen LogP contribution is 2.32. The monoisotopic (exact) mass is 587 g/mol. The van der Waals surface area contributed by atoms with Crippen molar-refractivity contribution in [3.63, 3.8) is 0 Å². The van der Waals surface area contributed by atoms with Crippen LogP contribution in [0.1, 0.15) is 35.6 Å². The van der Waals surface area contributed by atoms with Crippen molar-refractivity contribution in [2.24, 2.45) is 0 Å². The van der Waals surface area contributed by atoms with Crippen LogP contribution in [0.15, 0.2) is 82.8 Å². The molecule has 8 nitrogen and oxygen atoms in total. The molecule has 5 rings (SSSR count). The summed E-state index contributed by atoms with van der Waals surface area (Å²) in [6.45, 7) is 8.48. The Labute approximate surface area is 244 Å².